The van der Waals surface area contributed by atoms with Gasteiger partial charge in [-0.3, -0.25) is 0 Å². The van der Waals surface area contributed by atoms with Gasteiger partial charge >= 0.3 is 0 Å². The first kappa shape index (κ1) is 5.12. The number of rotatable bonds is 0. The zero-order chi connectivity index (χ0) is 5.11. The lowest BCUT2D eigenvalue weighted by molar-refractivity contribution is -0.0249. The normalized spacial score (nSPS) is 29.6. The van der Waals surface area contributed by atoms with E-state index in [0.717, 1.165) is 0 Å². The molecule has 0 aromatic heterocycles. The molecule has 40 valence electrons. The highest BCUT2D eigenvalue weighted by Crippen LogP contribution is 2.07. The number of halogens is 1. The lowest BCUT2D eigenvalue weighted by Crippen LogP contribution is -2.07. The molecule has 1 unspecified atom stereocenters. The number of alkyl halides is 1. The van der Waals surface area contributed by atoms with Crippen molar-refractivity contribution in [2.45, 2.75) is 5.01 Å². The molecule has 1 heterocycles. The van der Waals surface area contributed by atoms with E-state index in [1.807, 2.05) is 0 Å². The van der Waals surface area contributed by atoms with E-state index in [2.05, 4.69) is 15.9 Å². The first-order chi connectivity index (χ1) is 3.39. The predicted molar refractivity (Wildman–Crippen MR) is 28.9 cm³/mol. The fraction of sp³-hybridized carbons (Fsp3) is 0.500. The van der Waals surface area contributed by atoms with E-state index in [-0.39, 0.29) is 5.01 Å². The molecule has 0 aromatic rings. The second kappa shape index (κ2) is 2.33. The Bertz CT molecular complexity index is 81.8. The fourth-order valence-electron chi connectivity index (χ4n) is 0.316. The maximum Gasteiger partial charge on any atom is 0.189 e. The Morgan fingerprint density at radius 3 is 2.86 bits per heavy atom. The van der Waals surface area contributed by atoms with E-state index < -0.39 is 0 Å². The summed E-state index contributed by atoms with van der Waals surface area (Å²) in [5.74, 6) is 0. The van der Waals surface area contributed by atoms with Crippen LogP contribution in [0.3, 0.4) is 0 Å². The zero-order valence-electron chi connectivity index (χ0n) is 3.63. The van der Waals surface area contributed by atoms with Gasteiger partial charge in [0.05, 0.1) is 6.26 Å². The molecule has 0 amide bonds. The van der Waals surface area contributed by atoms with Crippen molar-refractivity contribution < 1.29 is 9.47 Å². The molecule has 1 rings (SSSR count). The molecule has 0 fully saturated rings. The molecule has 1 aliphatic rings. The van der Waals surface area contributed by atoms with Crippen LogP contribution >= 0.6 is 15.9 Å². The van der Waals surface area contributed by atoms with E-state index in [4.69, 9.17) is 9.47 Å². The third-order valence-corrected chi connectivity index (χ3v) is 1.19. The SMILES string of the molecule is BrC1C=COCO1. The van der Waals surface area contributed by atoms with Crippen LogP contribution in [0, 0.1) is 0 Å². The highest BCUT2D eigenvalue weighted by atomic mass is 79.9. The summed E-state index contributed by atoms with van der Waals surface area (Å²) in [7, 11) is 0. The molecule has 2 nitrogen and oxygen atoms in total. The summed E-state index contributed by atoms with van der Waals surface area (Å²) in [6.07, 6.45) is 3.40. The molecule has 0 saturated heterocycles. The Kier molecular flexibility index (Phi) is 1.70. The van der Waals surface area contributed by atoms with Crippen LogP contribution < -0.4 is 0 Å². The molecule has 3 heteroatoms. The summed E-state index contributed by atoms with van der Waals surface area (Å²) >= 11 is 3.20. The minimum absolute atomic E-state index is 0.0428. The van der Waals surface area contributed by atoms with Crippen molar-refractivity contribution in [1.82, 2.24) is 0 Å². The van der Waals surface area contributed by atoms with Crippen LogP contribution in [-0.2, 0) is 9.47 Å². The molecule has 7 heavy (non-hydrogen) atoms. The fourth-order valence-corrected chi connectivity index (χ4v) is 0.549. The minimum atomic E-state index is 0.0428. The monoisotopic (exact) mass is 164 g/mol. The van der Waals surface area contributed by atoms with Crippen molar-refractivity contribution in [3.63, 3.8) is 0 Å². The largest absolute Gasteiger partial charge is 0.475 e. The predicted octanol–water partition coefficient (Wildman–Crippen LogP) is 1.23. The molecular weight excluding hydrogens is 160 g/mol. The van der Waals surface area contributed by atoms with Crippen LogP contribution in [0.2, 0.25) is 0 Å². The highest BCUT2D eigenvalue weighted by molar-refractivity contribution is 9.09. The van der Waals surface area contributed by atoms with Crippen molar-refractivity contribution in [2.75, 3.05) is 6.79 Å². The molecule has 0 spiro atoms. The lowest BCUT2D eigenvalue weighted by atomic mass is 10.6. The molecule has 0 aromatic carbocycles. The van der Waals surface area contributed by atoms with Crippen LogP contribution in [0.1, 0.15) is 0 Å². The smallest absolute Gasteiger partial charge is 0.189 e. The lowest BCUT2D eigenvalue weighted by Gasteiger charge is -2.10. The molecular formula is C4H5BrO2. The van der Waals surface area contributed by atoms with Crippen molar-refractivity contribution in [1.29, 1.82) is 0 Å². The molecule has 0 saturated carbocycles. The molecule has 1 aliphatic heterocycles. The molecule has 1 atom stereocenters. The Balaban J connectivity index is 2.36. The van der Waals surface area contributed by atoms with Crippen LogP contribution in [0.25, 0.3) is 0 Å². The molecule has 0 radical (unpaired) electrons. The van der Waals surface area contributed by atoms with Crippen LogP contribution in [0.5, 0.6) is 0 Å². The maximum absolute atomic E-state index is 4.89. The first-order valence-electron chi connectivity index (χ1n) is 1.93. The number of hydrogen-bond acceptors (Lipinski definition) is 2. The van der Waals surface area contributed by atoms with E-state index in [1.54, 1.807) is 12.3 Å². The minimum Gasteiger partial charge on any atom is -0.475 e. The third kappa shape index (κ3) is 1.49. The number of ether oxygens (including phenoxy) is 2. The summed E-state index contributed by atoms with van der Waals surface area (Å²) in [4.78, 5) is 0. The summed E-state index contributed by atoms with van der Waals surface area (Å²) in [6, 6.07) is 0. The van der Waals surface area contributed by atoms with Crippen molar-refractivity contribution >= 4 is 15.9 Å². The second-order valence-electron chi connectivity index (χ2n) is 1.13. The Morgan fingerprint density at radius 2 is 2.57 bits per heavy atom. The molecule has 0 N–H and O–H groups in total. The summed E-state index contributed by atoms with van der Waals surface area (Å²) < 4.78 is 9.59. The van der Waals surface area contributed by atoms with Gasteiger partial charge in [0.1, 0.15) is 5.01 Å². The van der Waals surface area contributed by atoms with Gasteiger partial charge in [0.15, 0.2) is 6.79 Å². The van der Waals surface area contributed by atoms with E-state index in [9.17, 15) is 0 Å². The average molecular weight is 165 g/mol. The van der Waals surface area contributed by atoms with Crippen molar-refractivity contribution in [3.8, 4) is 0 Å². The maximum atomic E-state index is 4.89. The second-order valence-corrected chi connectivity index (χ2v) is 2.03. The van der Waals surface area contributed by atoms with Gasteiger partial charge in [0.25, 0.3) is 0 Å². The van der Waals surface area contributed by atoms with Gasteiger partial charge in [-0.2, -0.15) is 0 Å². The van der Waals surface area contributed by atoms with E-state index in [1.165, 1.54) is 0 Å². The summed E-state index contributed by atoms with van der Waals surface area (Å²) in [5.41, 5.74) is 0. The highest BCUT2D eigenvalue weighted by Gasteiger charge is 2.00. The molecule has 0 bridgehead atoms. The average Bonchev–Trinajstić information content (AvgIpc) is 1.69. The van der Waals surface area contributed by atoms with E-state index in [0.29, 0.717) is 6.79 Å². The Hall–Kier alpha value is -0.0200. The Labute approximate surface area is 50.2 Å². The van der Waals surface area contributed by atoms with Gasteiger partial charge < -0.3 is 9.47 Å². The topological polar surface area (TPSA) is 18.5 Å². The standard InChI is InChI=1S/C4H5BrO2/c5-4-1-2-6-3-7-4/h1-2,4H,3H2. The summed E-state index contributed by atoms with van der Waals surface area (Å²) in [6.45, 7) is 0.354. The van der Waals surface area contributed by atoms with Gasteiger partial charge in [-0.15, -0.1) is 0 Å². The van der Waals surface area contributed by atoms with E-state index >= 15 is 0 Å². The number of hydrogen-bond donors (Lipinski definition) is 0. The van der Waals surface area contributed by atoms with Crippen LogP contribution in [0.15, 0.2) is 12.3 Å². The summed E-state index contributed by atoms with van der Waals surface area (Å²) in [5, 5.41) is 0.0428. The zero-order valence-corrected chi connectivity index (χ0v) is 5.22. The quantitative estimate of drug-likeness (QED) is 0.502. The Morgan fingerprint density at radius 1 is 1.71 bits per heavy atom. The van der Waals surface area contributed by atoms with Crippen molar-refractivity contribution in [2.24, 2.45) is 0 Å². The van der Waals surface area contributed by atoms with Gasteiger partial charge in [-0.1, -0.05) is 15.9 Å². The van der Waals surface area contributed by atoms with Gasteiger partial charge in [-0.25, -0.2) is 0 Å². The van der Waals surface area contributed by atoms with Gasteiger partial charge in [0.2, 0.25) is 0 Å². The van der Waals surface area contributed by atoms with Crippen LogP contribution in [0.4, 0.5) is 0 Å². The first-order valence-corrected chi connectivity index (χ1v) is 2.85. The van der Waals surface area contributed by atoms with Gasteiger partial charge in [0, 0.05) is 0 Å². The molecule has 0 aliphatic carbocycles. The van der Waals surface area contributed by atoms with Gasteiger partial charge in [-0.05, 0) is 6.08 Å². The van der Waals surface area contributed by atoms with Crippen molar-refractivity contribution in [3.05, 3.63) is 12.3 Å². The third-order valence-electron chi connectivity index (χ3n) is 0.621. The van der Waals surface area contributed by atoms with Crippen LogP contribution in [-0.4, -0.2) is 11.8 Å².